The molecule has 0 radical (unpaired) electrons. The maximum Gasteiger partial charge on any atom is 0.0636 e. The van der Waals surface area contributed by atoms with Crippen molar-refractivity contribution >= 4 is 0 Å². The maximum atomic E-state index is 8.48. The second kappa shape index (κ2) is 21.0. The smallest absolute Gasteiger partial charge is 0.0636 e. The summed E-state index contributed by atoms with van der Waals surface area (Å²) >= 11 is 0. The second-order valence-electron chi connectivity index (χ2n) is 6.80. The Hall–Kier alpha value is -0.320. The third kappa shape index (κ3) is 21.7. The van der Waals surface area contributed by atoms with Crippen LogP contribution < -0.4 is 22.9 Å². The van der Waals surface area contributed by atoms with Gasteiger partial charge in [-0.05, 0) is 38.8 Å². The lowest BCUT2D eigenvalue weighted by molar-refractivity contribution is 0.136. The first-order valence-electron chi connectivity index (χ1n) is 10.00. The Morgan fingerprint density at radius 2 is 1.04 bits per heavy atom. The van der Waals surface area contributed by atoms with Crippen LogP contribution in [0.25, 0.3) is 0 Å². The van der Waals surface area contributed by atoms with Crippen LogP contribution in [0.5, 0.6) is 0 Å². The van der Waals surface area contributed by atoms with Crippen LogP contribution in [-0.4, -0.2) is 78.4 Å². The highest BCUT2D eigenvalue weighted by molar-refractivity contribution is 4.79. The van der Waals surface area contributed by atoms with Crippen molar-refractivity contribution in [2.75, 3.05) is 52.5 Å². The van der Waals surface area contributed by atoms with Crippen molar-refractivity contribution in [3.05, 3.63) is 0 Å². The van der Waals surface area contributed by atoms with Crippen LogP contribution in [0.15, 0.2) is 0 Å². The molecule has 0 heterocycles. The number of hydrogen-bond donors (Lipinski definition) is 7. The third-order valence-corrected chi connectivity index (χ3v) is 4.19. The zero-order valence-electron chi connectivity index (χ0n) is 16.6. The van der Waals surface area contributed by atoms with Gasteiger partial charge in [0, 0.05) is 19.6 Å². The van der Waals surface area contributed by atoms with E-state index in [2.05, 4.69) is 0 Å². The summed E-state index contributed by atoms with van der Waals surface area (Å²) in [5, 5.41) is 25.5. The molecule has 0 aromatic carbocycles. The highest BCUT2D eigenvalue weighted by atomic mass is 16.3. The molecule has 8 nitrogen and oxygen atoms in total. The highest BCUT2D eigenvalue weighted by Crippen LogP contribution is 2.20. The molecule has 1 fully saturated rings. The summed E-state index contributed by atoms with van der Waals surface area (Å²) in [5.74, 6) is 0. The number of unbranched alkanes of at least 4 members (excludes halogenated alkanes) is 3. The molecule has 26 heavy (non-hydrogen) atoms. The summed E-state index contributed by atoms with van der Waals surface area (Å²) in [7, 11) is 0. The summed E-state index contributed by atoms with van der Waals surface area (Å²) in [6, 6.07) is 0. The van der Waals surface area contributed by atoms with Crippen LogP contribution in [0, 0.1) is 0 Å². The van der Waals surface area contributed by atoms with Crippen LogP contribution in [0.4, 0.5) is 0 Å². The van der Waals surface area contributed by atoms with E-state index in [0.29, 0.717) is 19.6 Å². The largest absolute Gasteiger partial charge is 0.395 e. The molecule has 0 saturated heterocycles. The van der Waals surface area contributed by atoms with Gasteiger partial charge in [0.15, 0.2) is 0 Å². The second-order valence-corrected chi connectivity index (χ2v) is 6.80. The van der Waals surface area contributed by atoms with Crippen LogP contribution in [0.2, 0.25) is 0 Å². The number of hydrogen-bond acceptors (Lipinski definition) is 8. The van der Waals surface area contributed by atoms with Gasteiger partial charge in [-0.1, -0.05) is 32.1 Å². The molecular formula is C18H45N5O3. The number of aliphatic hydroxyl groups excluding tert-OH is 3. The zero-order chi connectivity index (χ0) is 20.1. The first-order valence-corrected chi connectivity index (χ1v) is 10.00. The molecule has 1 aliphatic carbocycles. The summed E-state index contributed by atoms with van der Waals surface area (Å²) in [6.45, 7) is 3.40. The molecule has 0 atom stereocenters. The van der Waals surface area contributed by atoms with Gasteiger partial charge in [0.2, 0.25) is 0 Å². The molecule has 0 amide bonds. The normalized spacial score (nSPS) is 15.7. The number of aliphatic hydroxyl groups is 3. The monoisotopic (exact) mass is 379 g/mol. The van der Waals surface area contributed by atoms with Crippen molar-refractivity contribution in [2.24, 2.45) is 22.9 Å². The van der Waals surface area contributed by atoms with E-state index in [1.165, 1.54) is 32.1 Å². The predicted octanol–water partition coefficient (Wildman–Crippen LogP) is -0.706. The van der Waals surface area contributed by atoms with Gasteiger partial charge in [0.25, 0.3) is 0 Å². The fourth-order valence-corrected chi connectivity index (χ4v) is 2.61. The first-order chi connectivity index (χ1) is 12.5. The zero-order valence-corrected chi connectivity index (χ0v) is 16.6. The molecule has 160 valence electrons. The predicted molar refractivity (Wildman–Crippen MR) is 108 cm³/mol. The molecule has 8 heteroatoms. The quantitative estimate of drug-likeness (QED) is 0.182. The van der Waals surface area contributed by atoms with Gasteiger partial charge in [0.1, 0.15) is 0 Å². The highest BCUT2D eigenvalue weighted by Gasteiger charge is 2.21. The maximum absolute atomic E-state index is 8.48. The molecule has 1 aliphatic rings. The molecule has 0 aromatic rings. The minimum absolute atomic E-state index is 0.0694. The Bertz CT molecular complexity index is 243. The summed E-state index contributed by atoms with van der Waals surface area (Å²) < 4.78 is 0. The Morgan fingerprint density at radius 3 is 1.27 bits per heavy atom. The molecule has 0 aromatic heterocycles. The van der Waals surface area contributed by atoms with Crippen molar-refractivity contribution in [2.45, 2.75) is 63.5 Å². The molecule has 0 unspecified atom stereocenters. The average molecular weight is 380 g/mol. The van der Waals surface area contributed by atoms with E-state index in [4.69, 9.17) is 38.3 Å². The van der Waals surface area contributed by atoms with Gasteiger partial charge in [-0.25, -0.2) is 0 Å². The van der Waals surface area contributed by atoms with Gasteiger partial charge in [-0.2, -0.15) is 0 Å². The summed E-state index contributed by atoms with van der Waals surface area (Å²) in [4.78, 5) is 1.79. The molecule has 1 rings (SSSR count). The van der Waals surface area contributed by atoms with Gasteiger partial charge in [-0.15, -0.1) is 0 Å². The molecule has 0 bridgehead atoms. The lowest BCUT2D eigenvalue weighted by Crippen LogP contribution is -2.50. The fraction of sp³-hybridized carbons (Fsp3) is 1.00. The van der Waals surface area contributed by atoms with Crippen LogP contribution in [0.3, 0.4) is 0 Å². The van der Waals surface area contributed by atoms with E-state index in [1.807, 2.05) is 0 Å². The lowest BCUT2D eigenvalue weighted by Gasteiger charge is -2.28. The minimum atomic E-state index is -0.321. The van der Waals surface area contributed by atoms with Crippen LogP contribution in [0.1, 0.15) is 57.8 Å². The number of rotatable bonds is 11. The average Bonchev–Trinajstić information content (AvgIpc) is 2.60. The molecule has 0 aliphatic heterocycles. The van der Waals surface area contributed by atoms with Gasteiger partial charge >= 0.3 is 0 Å². The van der Waals surface area contributed by atoms with Crippen molar-refractivity contribution in [3.63, 3.8) is 0 Å². The van der Waals surface area contributed by atoms with Gasteiger partial charge < -0.3 is 38.3 Å². The summed E-state index contributed by atoms with van der Waals surface area (Å²) in [6.07, 6.45) is 10.6. The van der Waals surface area contributed by atoms with Crippen molar-refractivity contribution in [3.8, 4) is 0 Å². The fourth-order valence-electron chi connectivity index (χ4n) is 2.61. The van der Waals surface area contributed by atoms with E-state index < -0.39 is 0 Å². The van der Waals surface area contributed by atoms with E-state index in [1.54, 1.807) is 4.90 Å². The Kier molecular flexibility index (Phi) is 22.5. The SMILES string of the molecule is NC1(N)CCCCC1.NCCCCCCN.OCCN(CCO)CCO. The Balaban J connectivity index is 0. The van der Waals surface area contributed by atoms with E-state index in [0.717, 1.165) is 38.8 Å². The topological polar surface area (TPSA) is 168 Å². The van der Waals surface area contributed by atoms with Crippen LogP contribution in [-0.2, 0) is 0 Å². The molecule has 11 N–H and O–H groups in total. The van der Waals surface area contributed by atoms with Gasteiger partial charge in [0.05, 0.1) is 25.5 Å². The summed E-state index contributed by atoms with van der Waals surface area (Å²) in [5.41, 5.74) is 21.5. The number of nitrogens with zero attached hydrogens (tertiary/aromatic N) is 1. The van der Waals surface area contributed by atoms with E-state index in [9.17, 15) is 0 Å². The molecule has 0 spiro atoms. The van der Waals surface area contributed by atoms with E-state index in [-0.39, 0.29) is 25.5 Å². The van der Waals surface area contributed by atoms with E-state index >= 15 is 0 Å². The van der Waals surface area contributed by atoms with Crippen LogP contribution >= 0.6 is 0 Å². The van der Waals surface area contributed by atoms with Crippen molar-refractivity contribution in [1.29, 1.82) is 0 Å². The van der Waals surface area contributed by atoms with Crippen molar-refractivity contribution in [1.82, 2.24) is 4.90 Å². The minimum Gasteiger partial charge on any atom is -0.395 e. The standard InChI is InChI=1S/C6H14N2.C6H16N2.C6H15NO3/c7-6(8)4-2-1-3-5-6;7-5-3-1-2-4-6-8;8-4-1-7(2-5-9)3-6-10/h1-5,7-8H2;1-8H2;8-10H,1-6H2. The molecular weight excluding hydrogens is 334 g/mol. The third-order valence-electron chi connectivity index (χ3n) is 4.19. The first kappa shape index (κ1) is 27.9. The lowest BCUT2D eigenvalue weighted by atomic mass is 9.91. The molecule has 1 saturated carbocycles. The Labute approximate surface area is 159 Å². The van der Waals surface area contributed by atoms with Gasteiger partial charge in [-0.3, -0.25) is 4.90 Å². The Morgan fingerprint density at radius 1 is 0.654 bits per heavy atom. The van der Waals surface area contributed by atoms with Crippen molar-refractivity contribution < 1.29 is 15.3 Å². The number of nitrogens with two attached hydrogens (primary N) is 4.